The molecule has 3 nitrogen and oxygen atoms in total. The van der Waals surface area contributed by atoms with Crippen molar-refractivity contribution in [2.75, 3.05) is 19.6 Å². The Morgan fingerprint density at radius 3 is 2.60 bits per heavy atom. The summed E-state index contributed by atoms with van der Waals surface area (Å²) in [5, 5.41) is 8.46. The summed E-state index contributed by atoms with van der Waals surface area (Å²) in [6, 6.07) is 0.421. The van der Waals surface area contributed by atoms with Crippen LogP contribution in [0, 0.1) is 19.3 Å². The Morgan fingerprint density at radius 2 is 2.05 bits per heavy atom. The van der Waals surface area contributed by atoms with E-state index in [9.17, 15) is 0 Å². The second-order valence-corrected chi connectivity index (χ2v) is 7.52. The van der Waals surface area contributed by atoms with Gasteiger partial charge < -0.3 is 10.6 Å². The van der Waals surface area contributed by atoms with E-state index in [0.717, 1.165) is 6.54 Å². The average Bonchev–Trinajstić information content (AvgIpc) is 2.77. The SMILES string of the molecule is CCCC1(CNC(C)c2sc(C)nc2C)CCNCC1. The Labute approximate surface area is 127 Å². The van der Waals surface area contributed by atoms with Gasteiger partial charge in [0.2, 0.25) is 0 Å². The van der Waals surface area contributed by atoms with Crippen LogP contribution >= 0.6 is 11.3 Å². The highest BCUT2D eigenvalue weighted by Gasteiger charge is 2.31. The maximum Gasteiger partial charge on any atom is 0.0900 e. The van der Waals surface area contributed by atoms with Gasteiger partial charge in [-0.3, -0.25) is 0 Å². The largest absolute Gasteiger partial charge is 0.317 e. The molecule has 0 spiro atoms. The molecule has 2 N–H and O–H groups in total. The molecular weight excluding hydrogens is 266 g/mol. The number of hydrogen-bond acceptors (Lipinski definition) is 4. The average molecular weight is 295 g/mol. The third kappa shape index (κ3) is 3.80. The van der Waals surface area contributed by atoms with Gasteiger partial charge in [-0.25, -0.2) is 4.98 Å². The molecule has 2 rings (SSSR count). The van der Waals surface area contributed by atoms with Gasteiger partial charge in [0, 0.05) is 17.5 Å². The lowest BCUT2D eigenvalue weighted by molar-refractivity contribution is 0.171. The van der Waals surface area contributed by atoms with Crippen molar-refractivity contribution in [3.63, 3.8) is 0 Å². The predicted molar refractivity (Wildman–Crippen MR) is 87.5 cm³/mol. The Morgan fingerprint density at radius 1 is 1.35 bits per heavy atom. The number of nitrogens with one attached hydrogen (secondary N) is 2. The van der Waals surface area contributed by atoms with E-state index >= 15 is 0 Å². The standard InChI is InChI=1S/C16H29N3S/c1-5-6-16(7-9-17-10-8-16)11-18-12(2)15-13(3)19-14(4)20-15/h12,17-18H,5-11H2,1-4H3. The van der Waals surface area contributed by atoms with E-state index in [1.165, 1.54) is 54.4 Å². The summed E-state index contributed by atoms with van der Waals surface area (Å²) in [6.07, 6.45) is 5.24. The van der Waals surface area contributed by atoms with Crippen molar-refractivity contribution in [3.05, 3.63) is 15.6 Å². The van der Waals surface area contributed by atoms with Crippen molar-refractivity contribution in [1.29, 1.82) is 0 Å². The van der Waals surface area contributed by atoms with Gasteiger partial charge in [-0.15, -0.1) is 11.3 Å². The third-order valence-electron chi connectivity index (χ3n) is 4.56. The maximum absolute atomic E-state index is 4.55. The molecule has 1 aliphatic heterocycles. The lowest BCUT2D eigenvalue weighted by atomic mass is 9.75. The van der Waals surface area contributed by atoms with Crippen LogP contribution in [0.1, 0.15) is 61.2 Å². The molecule has 0 aromatic carbocycles. The molecule has 1 unspecified atom stereocenters. The smallest absolute Gasteiger partial charge is 0.0900 e. The molecule has 1 fully saturated rings. The Balaban J connectivity index is 1.96. The number of rotatable bonds is 6. The molecule has 0 amide bonds. The second-order valence-electron chi connectivity index (χ2n) is 6.29. The lowest BCUT2D eigenvalue weighted by Crippen LogP contribution is -2.43. The van der Waals surface area contributed by atoms with E-state index in [1.807, 2.05) is 11.3 Å². The van der Waals surface area contributed by atoms with Gasteiger partial charge in [-0.1, -0.05) is 13.3 Å². The normalized spacial score (nSPS) is 20.0. The number of piperidine rings is 1. The number of nitrogens with zero attached hydrogens (tertiary/aromatic N) is 1. The number of aryl methyl sites for hydroxylation is 2. The van der Waals surface area contributed by atoms with Crippen LogP contribution in [0.5, 0.6) is 0 Å². The highest BCUT2D eigenvalue weighted by molar-refractivity contribution is 7.11. The molecule has 1 aromatic heterocycles. The first kappa shape index (κ1) is 15.9. The molecule has 0 radical (unpaired) electrons. The summed E-state index contributed by atoms with van der Waals surface area (Å²) in [5.41, 5.74) is 1.70. The fourth-order valence-corrected chi connectivity index (χ4v) is 4.37. The Hall–Kier alpha value is -0.450. The summed E-state index contributed by atoms with van der Waals surface area (Å²) in [4.78, 5) is 5.95. The molecule has 1 aromatic rings. The van der Waals surface area contributed by atoms with E-state index in [-0.39, 0.29) is 0 Å². The number of hydrogen-bond donors (Lipinski definition) is 2. The van der Waals surface area contributed by atoms with Gasteiger partial charge >= 0.3 is 0 Å². The number of aromatic nitrogens is 1. The fourth-order valence-electron chi connectivity index (χ4n) is 3.41. The van der Waals surface area contributed by atoms with Crippen molar-refractivity contribution < 1.29 is 0 Å². The van der Waals surface area contributed by atoms with E-state index in [1.54, 1.807) is 0 Å². The monoisotopic (exact) mass is 295 g/mol. The third-order valence-corrected chi connectivity index (χ3v) is 5.82. The van der Waals surface area contributed by atoms with Gasteiger partial charge in [0.15, 0.2) is 0 Å². The second kappa shape index (κ2) is 7.01. The van der Waals surface area contributed by atoms with Gasteiger partial charge in [0.25, 0.3) is 0 Å². The van der Waals surface area contributed by atoms with Crippen molar-refractivity contribution in [3.8, 4) is 0 Å². The summed E-state index contributed by atoms with van der Waals surface area (Å²) in [5.74, 6) is 0. The maximum atomic E-state index is 4.55. The molecule has 1 atom stereocenters. The molecule has 0 saturated carbocycles. The van der Waals surface area contributed by atoms with E-state index in [4.69, 9.17) is 0 Å². The minimum Gasteiger partial charge on any atom is -0.317 e. The topological polar surface area (TPSA) is 37.0 Å². The van der Waals surface area contributed by atoms with Crippen LogP contribution in [0.25, 0.3) is 0 Å². The molecule has 20 heavy (non-hydrogen) atoms. The van der Waals surface area contributed by atoms with Crippen LogP contribution in [-0.2, 0) is 0 Å². The molecule has 4 heteroatoms. The summed E-state index contributed by atoms with van der Waals surface area (Å²) in [7, 11) is 0. The zero-order valence-corrected chi connectivity index (χ0v) is 14.2. The van der Waals surface area contributed by atoms with Crippen LogP contribution in [0.2, 0.25) is 0 Å². The van der Waals surface area contributed by atoms with E-state index in [2.05, 4.69) is 43.3 Å². The molecule has 0 bridgehead atoms. The predicted octanol–water partition coefficient (Wildman–Crippen LogP) is 3.58. The van der Waals surface area contributed by atoms with Crippen LogP contribution in [0.4, 0.5) is 0 Å². The van der Waals surface area contributed by atoms with E-state index < -0.39 is 0 Å². The van der Waals surface area contributed by atoms with Gasteiger partial charge in [0.05, 0.1) is 10.7 Å². The first-order valence-electron chi connectivity index (χ1n) is 7.94. The summed E-state index contributed by atoms with van der Waals surface area (Å²) < 4.78 is 0. The highest BCUT2D eigenvalue weighted by Crippen LogP contribution is 2.34. The minimum absolute atomic E-state index is 0.421. The molecule has 1 saturated heterocycles. The molecule has 0 aliphatic carbocycles. The van der Waals surface area contributed by atoms with Crippen molar-refractivity contribution >= 4 is 11.3 Å². The quantitative estimate of drug-likeness (QED) is 0.842. The zero-order chi connectivity index (χ0) is 14.6. The van der Waals surface area contributed by atoms with Crippen LogP contribution in [0.15, 0.2) is 0 Å². The highest BCUT2D eigenvalue weighted by atomic mass is 32.1. The molecule has 114 valence electrons. The molecular formula is C16H29N3S. The first-order chi connectivity index (χ1) is 9.56. The van der Waals surface area contributed by atoms with E-state index in [0.29, 0.717) is 11.5 Å². The van der Waals surface area contributed by atoms with Crippen molar-refractivity contribution in [2.45, 2.75) is 59.4 Å². The first-order valence-corrected chi connectivity index (χ1v) is 8.76. The zero-order valence-electron chi connectivity index (χ0n) is 13.4. The minimum atomic E-state index is 0.421. The lowest BCUT2D eigenvalue weighted by Gasteiger charge is -2.38. The number of thiazole rings is 1. The van der Waals surface area contributed by atoms with Crippen LogP contribution < -0.4 is 10.6 Å². The molecule has 2 heterocycles. The fraction of sp³-hybridized carbons (Fsp3) is 0.812. The van der Waals surface area contributed by atoms with Crippen molar-refractivity contribution in [1.82, 2.24) is 15.6 Å². The van der Waals surface area contributed by atoms with Crippen LogP contribution in [-0.4, -0.2) is 24.6 Å². The van der Waals surface area contributed by atoms with Gasteiger partial charge in [0.1, 0.15) is 0 Å². The van der Waals surface area contributed by atoms with Crippen LogP contribution in [0.3, 0.4) is 0 Å². The summed E-state index contributed by atoms with van der Waals surface area (Å²) in [6.45, 7) is 12.3. The van der Waals surface area contributed by atoms with Gasteiger partial charge in [-0.2, -0.15) is 0 Å². The summed E-state index contributed by atoms with van der Waals surface area (Å²) >= 11 is 1.84. The van der Waals surface area contributed by atoms with Gasteiger partial charge in [-0.05, 0) is 58.5 Å². The Bertz CT molecular complexity index is 416. The Kier molecular flexibility index (Phi) is 5.58. The molecule has 1 aliphatic rings. The van der Waals surface area contributed by atoms with Crippen molar-refractivity contribution in [2.24, 2.45) is 5.41 Å².